The predicted octanol–water partition coefficient (Wildman–Crippen LogP) is 0.145. The summed E-state index contributed by atoms with van der Waals surface area (Å²) in [7, 11) is 3.37. The van der Waals surface area contributed by atoms with Crippen molar-refractivity contribution < 1.29 is 14.6 Å². The molecule has 0 aliphatic rings. The quantitative estimate of drug-likeness (QED) is 0.321. The molecule has 0 saturated heterocycles. The number of carbonyl (C=O) groups is 1. The van der Waals surface area contributed by atoms with E-state index in [0.29, 0.717) is 19.5 Å². The van der Waals surface area contributed by atoms with Gasteiger partial charge in [-0.3, -0.25) is 9.80 Å². The van der Waals surface area contributed by atoms with Crippen molar-refractivity contribution in [2.24, 2.45) is 0 Å². The van der Waals surface area contributed by atoms with Crippen LogP contribution >= 0.6 is 0 Å². The van der Waals surface area contributed by atoms with Gasteiger partial charge >= 0.3 is 0 Å². The lowest BCUT2D eigenvalue weighted by molar-refractivity contribution is -0.121. The number of carbonyl (C=O) groups excluding carboxylic acids is 1. The van der Waals surface area contributed by atoms with Gasteiger partial charge in [0.05, 0.1) is 6.10 Å². The van der Waals surface area contributed by atoms with Gasteiger partial charge < -0.3 is 20.5 Å². The first kappa shape index (κ1) is 19.7. The fraction of sp³-hybridized carbons (Fsp3) is 0.786. The molecule has 0 aliphatic heterocycles. The minimum Gasteiger partial charge on any atom is -0.386 e. The maximum Gasteiger partial charge on any atom is 0.221 e. The summed E-state index contributed by atoms with van der Waals surface area (Å²) in [5.41, 5.74) is 4.81. The van der Waals surface area contributed by atoms with Crippen molar-refractivity contribution >= 4 is 5.91 Å². The molecule has 21 heavy (non-hydrogen) atoms. The Morgan fingerprint density at radius 3 is 2.52 bits per heavy atom. The first-order chi connectivity index (χ1) is 9.99. The zero-order valence-corrected chi connectivity index (χ0v) is 13.8. The van der Waals surface area contributed by atoms with E-state index in [1.54, 1.807) is 19.2 Å². The number of amides is 1. The van der Waals surface area contributed by atoms with E-state index in [9.17, 15) is 9.90 Å². The van der Waals surface area contributed by atoms with E-state index in [0.717, 1.165) is 17.8 Å². The molecule has 1 atom stereocenters. The van der Waals surface area contributed by atoms with Crippen LogP contribution < -0.4 is 16.1 Å². The van der Waals surface area contributed by atoms with Crippen LogP contribution in [0.5, 0.6) is 0 Å². The number of nitrogens with zero attached hydrogens (tertiary/aromatic N) is 1. The van der Waals surface area contributed by atoms with E-state index in [1.807, 2.05) is 20.8 Å². The van der Waals surface area contributed by atoms with Crippen LogP contribution in [0.25, 0.3) is 0 Å². The molecule has 0 bridgehead atoms. The molecule has 0 aromatic rings. The third kappa shape index (κ3) is 7.89. The second-order valence-electron chi connectivity index (χ2n) is 4.74. The van der Waals surface area contributed by atoms with Gasteiger partial charge in [0.2, 0.25) is 5.91 Å². The highest BCUT2D eigenvalue weighted by molar-refractivity contribution is 5.76. The summed E-state index contributed by atoms with van der Waals surface area (Å²) in [5, 5.41) is 16.9. The highest BCUT2D eigenvalue weighted by Gasteiger charge is 2.08. The summed E-state index contributed by atoms with van der Waals surface area (Å²) in [4.78, 5) is 11.7. The number of rotatable bonds is 11. The molecule has 1 unspecified atom stereocenters. The highest BCUT2D eigenvalue weighted by Crippen LogP contribution is 2.08. The number of aliphatic hydroxyl groups excluding tert-OH is 1. The molecular weight excluding hydrogens is 272 g/mol. The highest BCUT2D eigenvalue weighted by atomic mass is 16.5. The smallest absolute Gasteiger partial charge is 0.221 e. The topological polar surface area (TPSA) is 85.9 Å². The second-order valence-corrected chi connectivity index (χ2v) is 4.74. The monoisotopic (exact) mass is 302 g/mol. The summed E-state index contributed by atoms with van der Waals surface area (Å²) in [6.45, 7) is 6.81. The molecule has 0 aliphatic carbocycles. The third-order valence-electron chi connectivity index (χ3n) is 3.29. The number of allylic oxidation sites excluding steroid dienone is 2. The van der Waals surface area contributed by atoms with Gasteiger partial charge in [-0.2, -0.15) is 0 Å². The first-order valence-electron chi connectivity index (χ1n) is 7.28. The maximum atomic E-state index is 11.7. The number of hydrogen-bond acceptors (Lipinski definition) is 6. The Balaban J connectivity index is 4.23. The molecule has 4 N–H and O–H groups in total. The van der Waals surface area contributed by atoms with Crippen LogP contribution in [0.4, 0.5) is 0 Å². The molecule has 0 aromatic carbocycles. The van der Waals surface area contributed by atoms with Crippen LogP contribution in [0.15, 0.2) is 11.4 Å². The molecule has 7 heteroatoms. The molecule has 0 radical (unpaired) electrons. The van der Waals surface area contributed by atoms with Gasteiger partial charge in [0.15, 0.2) is 0 Å². The lowest BCUT2D eigenvalue weighted by Gasteiger charge is -2.24. The average Bonchev–Trinajstić information content (AvgIpc) is 2.50. The van der Waals surface area contributed by atoms with E-state index >= 15 is 0 Å². The van der Waals surface area contributed by atoms with Crippen LogP contribution in [0.3, 0.4) is 0 Å². The molecule has 0 rings (SSSR count). The third-order valence-corrected chi connectivity index (χ3v) is 3.29. The van der Waals surface area contributed by atoms with Crippen LogP contribution in [0.2, 0.25) is 0 Å². The summed E-state index contributed by atoms with van der Waals surface area (Å²) < 4.78 is 5.07. The van der Waals surface area contributed by atoms with Gasteiger partial charge in [-0.1, -0.05) is 6.92 Å². The molecule has 1 amide bonds. The van der Waals surface area contributed by atoms with Gasteiger partial charge in [0, 0.05) is 45.1 Å². The normalized spacial score (nSPS) is 13.4. The van der Waals surface area contributed by atoms with E-state index in [4.69, 9.17) is 4.74 Å². The van der Waals surface area contributed by atoms with E-state index in [-0.39, 0.29) is 18.7 Å². The molecule has 124 valence electrons. The standard InChI is InChI=1S/C14H30N4O3/c1-6-13(12(3)18(10-19)15-4)16-8-7-14(20)17-9-11(2)21-5/h11,15-16,19H,6-10H2,1-5H3,(H,17,20)/b13-12+. The van der Waals surface area contributed by atoms with Crippen molar-refractivity contribution in [3.63, 3.8) is 0 Å². The van der Waals surface area contributed by atoms with E-state index < -0.39 is 0 Å². The van der Waals surface area contributed by atoms with E-state index in [1.165, 1.54) is 0 Å². The van der Waals surface area contributed by atoms with Crippen molar-refractivity contribution in [2.45, 2.75) is 39.7 Å². The fourth-order valence-electron chi connectivity index (χ4n) is 1.77. The van der Waals surface area contributed by atoms with Gasteiger partial charge in [0.1, 0.15) is 6.73 Å². The zero-order valence-electron chi connectivity index (χ0n) is 13.8. The lowest BCUT2D eigenvalue weighted by Crippen LogP contribution is -2.37. The number of hydrogen-bond donors (Lipinski definition) is 4. The Morgan fingerprint density at radius 2 is 2.05 bits per heavy atom. The maximum absolute atomic E-state index is 11.7. The predicted molar refractivity (Wildman–Crippen MR) is 83.1 cm³/mol. The Bertz CT molecular complexity index is 330. The van der Waals surface area contributed by atoms with Gasteiger partial charge in [-0.15, -0.1) is 0 Å². The summed E-state index contributed by atoms with van der Waals surface area (Å²) in [6, 6.07) is 0. The Labute approximate surface area is 127 Å². The minimum atomic E-state index is -0.108. The number of nitrogens with one attached hydrogen (secondary N) is 3. The van der Waals surface area contributed by atoms with Crippen molar-refractivity contribution in [3.8, 4) is 0 Å². The Kier molecular flexibility index (Phi) is 10.7. The first-order valence-corrected chi connectivity index (χ1v) is 7.28. The zero-order chi connectivity index (χ0) is 16.3. The van der Waals surface area contributed by atoms with Crippen molar-refractivity contribution in [3.05, 3.63) is 11.4 Å². The van der Waals surface area contributed by atoms with Crippen molar-refractivity contribution in [1.29, 1.82) is 0 Å². The van der Waals surface area contributed by atoms with Crippen molar-refractivity contribution in [1.82, 2.24) is 21.1 Å². The average molecular weight is 302 g/mol. The largest absolute Gasteiger partial charge is 0.386 e. The van der Waals surface area contributed by atoms with Gasteiger partial charge in [-0.25, -0.2) is 5.43 Å². The van der Waals surface area contributed by atoms with E-state index in [2.05, 4.69) is 16.1 Å². The van der Waals surface area contributed by atoms with Crippen LogP contribution in [-0.4, -0.2) is 56.1 Å². The molecule has 0 heterocycles. The SMILES string of the molecule is CC/C(NCCC(=O)NCC(C)OC)=C(/C)N(CO)NC. The van der Waals surface area contributed by atoms with Crippen LogP contribution in [-0.2, 0) is 9.53 Å². The van der Waals surface area contributed by atoms with Gasteiger partial charge in [0.25, 0.3) is 0 Å². The number of methoxy groups -OCH3 is 1. The number of ether oxygens (including phenoxy) is 1. The molecular formula is C14H30N4O3. The Morgan fingerprint density at radius 1 is 1.38 bits per heavy atom. The molecule has 0 aromatic heterocycles. The molecule has 0 fully saturated rings. The fourth-order valence-corrected chi connectivity index (χ4v) is 1.77. The summed E-state index contributed by atoms with van der Waals surface area (Å²) >= 11 is 0. The Hall–Kier alpha value is -1.31. The summed E-state index contributed by atoms with van der Waals surface area (Å²) in [5.74, 6) is -0.00728. The second kappa shape index (κ2) is 11.4. The molecule has 7 nitrogen and oxygen atoms in total. The van der Waals surface area contributed by atoms with Crippen LogP contribution in [0.1, 0.15) is 33.6 Å². The van der Waals surface area contributed by atoms with Crippen molar-refractivity contribution in [2.75, 3.05) is 34.0 Å². The van der Waals surface area contributed by atoms with Crippen LogP contribution in [0, 0.1) is 0 Å². The minimum absolute atomic E-state index is 0.00728. The number of aliphatic hydroxyl groups is 1. The molecule has 0 saturated carbocycles. The molecule has 0 spiro atoms. The van der Waals surface area contributed by atoms with Gasteiger partial charge in [-0.05, 0) is 20.3 Å². The summed E-state index contributed by atoms with van der Waals surface area (Å²) in [6.07, 6.45) is 1.21. The lowest BCUT2D eigenvalue weighted by atomic mass is 10.2. The number of hydrazine groups is 1.